The Morgan fingerprint density at radius 3 is 2.44 bits per heavy atom. The Hall–Kier alpha value is -3.18. The molecule has 0 aliphatic heterocycles. The van der Waals surface area contributed by atoms with E-state index in [2.05, 4.69) is 76.4 Å². The molecule has 0 radical (unpaired) electrons. The normalized spacial score (nSPS) is 11.2. The summed E-state index contributed by atoms with van der Waals surface area (Å²) in [5.74, 6) is 0. The highest BCUT2D eigenvalue weighted by atomic mass is 32.1. The van der Waals surface area contributed by atoms with Gasteiger partial charge in [0.1, 0.15) is 0 Å². The summed E-state index contributed by atoms with van der Waals surface area (Å²) in [5, 5.41) is 7.20. The van der Waals surface area contributed by atoms with E-state index in [4.69, 9.17) is 0 Å². The lowest BCUT2D eigenvalue weighted by molar-refractivity contribution is 0.965. The van der Waals surface area contributed by atoms with Crippen LogP contribution < -0.4 is 5.43 Å². The fraction of sp³-hybridized carbons (Fsp3) is 0.0909. The molecule has 0 saturated carbocycles. The third-order valence-corrected chi connectivity index (χ3v) is 5.17. The first-order chi connectivity index (χ1) is 13.2. The second-order valence-corrected chi connectivity index (χ2v) is 7.13. The number of aromatic nitrogens is 2. The molecule has 0 saturated heterocycles. The van der Waals surface area contributed by atoms with Gasteiger partial charge in [0.2, 0.25) is 5.13 Å². The van der Waals surface area contributed by atoms with E-state index in [1.807, 2.05) is 35.9 Å². The number of hydrogen-bond acceptors (Lipinski definition) is 4. The van der Waals surface area contributed by atoms with Gasteiger partial charge in [-0.15, -0.1) is 11.3 Å². The molecule has 2 aromatic heterocycles. The van der Waals surface area contributed by atoms with Crippen molar-refractivity contribution in [3.05, 3.63) is 89.1 Å². The van der Waals surface area contributed by atoms with Gasteiger partial charge in [-0.2, -0.15) is 5.10 Å². The lowest BCUT2D eigenvalue weighted by Crippen LogP contribution is -1.99. The van der Waals surface area contributed by atoms with Crippen molar-refractivity contribution >= 4 is 22.7 Å². The van der Waals surface area contributed by atoms with Gasteiger partial charge in [-0.3, -0.25) is 5.43 Å². The summed E-state index contributed by atoms with van der Waals surface area (Å²) in [7, 11) is 0. The lowest BCUT2D eigenvalue weighted by atomic mass is 10.2. The van der Waals surface area contributed by atoms with Crippen LogP contribution in [0, 0.1) is 13.8 Å². The molecule has 4 nitrogen and oxygen atoms in total. The molecule has 0 atom stereocenters. The van der Waals surface area contributed by atoms with Crippen molar-refractivity contribution in [1.82, 2.24) is 9.55 Å². The van der Waals surface area contributed by atoms with E-state index in [-0.39, 0.29) is 0 Å². The molecule has 0 unspecified atom stereocenters. The summed E-state index contributed by atoms with van der Waals surface area (Å²) in [6.07, 6.45) is 1.85. The summed E-state index contributed by atoms with van der Waals surface area (Å²) in [6, 6.07) is 22.6. The maximum absolute atomic E-state index is 4.59. The number of nitrogens with zero attached hydrogens (tertiary/aromatic N) is 3. The second kappa shape index (κ2) is 7.60. The molecule has 0 amide bonds. The summed E-state index contributed by atoms with van der Waals surface area (Å²) >= 11 is 1.55. The quantitative estimate of drug-likeness (QED) is 0.363. The van der Waals surface area contributed by atoms with Crippen LogP contribution in [0.4, 0.5) is 5.13 Å². The van der Waals surface area contributed by atoms with Crippen molar-refractivity contribution in [3.63, 3.8) is 0 Å². The van der Waals surface area contributed by atoms with E-state index < -0.39 is 0 Å². The predicted octanol–water partition coefficient (Wildman–Crippen LogP) is 5.66. The number of hydrazone groups is 1. The van der Waals surface area contributed by atoms with Crippen LogP contribution in [0.5, 0.6) is 0 Å². The number of para-hydroxylation sites is 1. The number of anilines is 1. The average Bonchev–Trinajstić information content (AvgIpc) is 3.28. The van der Waals surface area contributed by atoms with Crippen LogP contribution in [0.25, 0.3) is 16.9 Å². The molecule has 1 N–H and O–H groups in total. The number of hydrogen-bond donors (Lipinski definition) is 1. The zero-order valence-electron chi connectivity index (χ0n) is 15.3. The topological polar surface area (TPSA) is 42.2 Å². The molecule has 0 fully saturated rings. The predicted molar refractivity (Wildman–Crippen MR) is 114 cm³/mol. The monoisotopic (exact) mass is 372 g/mol. The third kappa shape index (κ3) is 3.68. The van der Waals surface area contributed by atoms with Gasteiger partial charge >= 0.3 is 0 Å². The molecule has 4 rings (SSSR count). The largest absolute Gasteiger partial charge is 0.318 e. The number of nitrogens with one attached hydrogen (secondary N) is 1. The first-order valence-corrected chi connectivity index (χ1v) is 9.65. The summed E-state index contributed by atoms with van der Waals surface area (Å²) < 4.78 is 2.23. The molecule has 134 valence electrons. The number of rotatable bonds is 5. The molecule has 4 aromatic rings. The molecule has 0 spiro atoms. The number of benzene rings is 2. The maximum atomic E-state index is 4.59. The van der Waals surface area contributed by atoms with Crippen molar-refractivity contribution < 1.29 is 0 Å². The fourth-order valence-corrected chi connectivity index (χ4v) is 3.78. The van der Waals surface area contributed by atoms with Gasteiger partial charge in [0.25, 0.3) is 0 Å². The van der Waals surface area contributed by atoms with E-state index in [1.165, 1.54) is 5.69 Å². The first-order valence-electron chi connectivity index (χ1n) is 8.77. The Labute approximate surface area is 162 Å². The Balaban J connectivity index is 1.51. The molecular weight excluding hydrogens is 352 g/mol. The Morgan fingerprint density at radius 2 is 1.70 bits per heavy atom. The van der Waals surface area contributed by atoms with E-state index in [9.17, 15) is 0 Å². The van der Waals surface area contributed by atoms with Gasteiger partial charge in [0.15, 0.2) is 0 Å². The van der Waals surface area contributed by atoms with Crippen LogP contribution in [-0.4, -0.2) is 15.8 Å². The first kappa shape index (κ1) is 17.2. The Morgan fingerprint density at radius 1 is 1.00 bits per heavy atom. The van der Waals surface area contributed by atoms with E-state index in [0.717, 1.165) is 33.3 Å². The zero-order valence-corrected chi connectivity index (χ0v) is 16.1. The third-order valence-electron chi connectivity index (χ3n) is 4.42. The van der Waals surface area contributed by atoms with Crippen LogP contribution in [0.1, 0.15) is 17.0 Å². The van der Waals surface area contributed by atoms with Crippen LogP contribution in [0.3, 0.4) is 0 Å². The van der Waals surface area contributed by atoms with Gasteiger partial charge in [-0.1, -0.05) is 48.5 Å². The van der Waals surface area contributed by atoms with Crippen LogP contribution in [0.2, 0.25) is 0 Å². The van der Waals surface area contributed by atoms with Crippen molar-refractivity contribution in [1.29, 1.82) is 0 Å². The smallest absolute Gasteiger partial charge is 0.203 e. The fourth-order valence-electron chi connectivity index (χ4n) is 3.12. The Kier molecular flexibility index (Phi) is 4.85. The summed E-state index contributed by atoms with van der Waals surface area (Å²) in [4.78, 5) is 4.59. The zero-order chi connectivity index (χ0) is 18.6. The minimum Gasteiger partial charge on any atom is -0.318 e. The summed E-state index contributed by atoms with van der Waals surface area (Å²) in [6.45, 7) is 4.22. The van der Waals surface area contributed by atoms with Crippen LogP contribution in [0.15, 0.2) is 77.2 Å². The number of aryl methyl sites for hydroxylation is 1. The SMILES string of the molecule is Cc1cc(/C=N\Nc2nc(-c3ccccc3)cs2)c(C)n1-c1ccccc1. The molecule has 2 aromatic carbocycles. The van der Waals surface area contributed by atoms with Crippen LogP contribution in [-0.2, 0) is 0 Å². The molecule has 5 heteroatoms. The minimum atomic E-state index is 0.780. The maximum Gasteiger partial charge on any atom is 0.203 e. The Bertz CT molecular complexity index is 1060. The van der Waals surface area contributed by atoms with Gasteiger partial charge < -0.3 is 4.57 Å². The standard InChI is InChI=1S/C22H20N4S/c1-16-13-19(17(2)26(16)20-11-7-4-8-12-20)14-23-25-22-24-21(15-27-22)18-9-5-3-6-10-18/h3-15H,1-2H3,(H,24,25)/b23-14-. The molecule has 0 aliphatic rings. The molecular formula is C22H20N4S. The molecule has 27 heavy (non-hydrogen) atoms. The average molecular weight is 372 g/mol. The molecule has 0 aliphatic carbocycles. The van der Waals surface area contributed by atoms with Crippen molar-refractivity contribution in [3.8, 4) is 16.9 Å². The van der Waals surface area contributed by atoms with Crippen LogP contribution >= 0.6 is 11.3 Å². The van der Waals surface area contributed by atoms with Gasteiger partial charge in [0.05, 0.1) is 11.9 Å². The minimum absolute atomic E-state index is 0.780. The highest BCUT2D eigenvalue weighted by molar-refractivity contribution is 7.14. The van der Waals surface area contributed by atoms with Crippen molar-refractivity contribution in [2.24, 2.45) is 5.10 Å². The van der Waals surface area contributed by atoms with E-state index in [0.29, 0.717) is 0 Å². The van der Waals surface area contributed by atoms with Crippen molar-refractivity contribution in [2.75, 3.05) is 5.43 Å². The number of thiazole rings is 1. The highest BCUT2D eigenvalue weighted by Gasteiger charge is 2.09. The highest BCUT2D eigenvalue weighted by Crippen LogP contribution is 2.24. The van der Waals surface area contributed by atoms with E-state index >= 15 is 0 Å². The molecule has 0 bridgehead atoms. The molecule has 2 heterocycles. The van der Waals surface area contributed by atoms with E-state index in [1.54, 1.807) is 11.3 Å². The van der Waals surface area contributed by atoms with Crippen molar-refractivity contribution in [2.45, 2.75) is 13.8 Å². The lowest BCUT2D eigenvalue weighted by Gasteiger charge is -2.08. The summed E-state index contributed by atoms with van der Waals surface area (Å²) in [5.41, 5.74) is 9.70. The van der Waals surface area contributed by atoms with Gasteiger partial charge in [-0.25, -0.2) is 4.98 Å². The van der Waals surface area contributed by atoms with Gasteiger partial charge in [0, 0.05) is 33.6 Å². The second-order valence-electron chi connectivity index (χ2n) is 6.27. The van der Waals surface area contributed by atoms with Gasteiger partial charge in [-0.05, 0) is 32.0 Å².